The van der Waals surface area contributed by atoms with Crippen LogP contribution >= 0.6 is 0 Å². The van der Waals surface area contributed by atoms with Gasteiger partial charge in [-0.05, 0) is 53.2 Å². The van der Waals surface area contributed by atoms with Crippen LogP contribution in [0.25, 0.3) is 6.08 Å². The Balaban J connectivity index is 2.49. The molecule has 0 bridgehead atoms. The number of hydrogen-bond donors (Lipinski definition) is 0. The molecular weight excluding hydrogens is 410 g/mol. The van der Waals surface area contributed by atoms with Gasteiger partial charge in [0.2, 0.25) is 0 Å². The SMILES string of the molecule is CCCOc1c(/C=C/C(=O)c2ccc(C(=O)N(C)C)cc2)cc(C(C)(C)C)cc1C(C)(C)C. The molecule has 4 heteroatoms. The quantitative estimate of drug-likeness (QED) is 0.350. The number of amides is 1. The van der Waals surface area contributed by atoms with Crippen LogP contribution in [0.4, 0.5) is 0 Å². The molecule has 0 saturated carbocycles. The van der Waals surface area contributed by atoms with Crippen molar-refractivity contribution < 1.29 is 14.3 Å². The maximum Gasteiger partial charge on any atom is 0.253 e. The second kappa shape index (κ2) is 10.4. The van der Waals surface area contributed by atoms with Gasteiger partial charge in [-0.3, -0.25) is 9.59 Å². The molecule has 4 nitrogen and oxygen atoms in total. The number of ketones is 1. The van der Waals surface area contributed by atoms with E-state index in [0.717, 1.165) is 23.3 Å². The largest absolute Gasteiger partial charge is 0.493 e. The molecule has 0 aromatic heterocycles. The average Bonchev–Trinajstić information content (AvgIpc) is 2.73. The van der Waals surface area contributed by atoms with Gasteiger partial charge in [-0.2, -0.15) is 0 Å². The fourth-order valence-corrected chi connectivity index (χ4v) is 3.43. The third-order valence-corrected chi connectivity index (χ3v) is 5.48. The molecule has 2 rings (SSSR count). The lowest BCUT2D eigenvalue weighted by Crippen LogP contribution is -2.21. The van der Waals surface area contributed by atoms with E-state index in [0.29, 0.717) is 17.7 Å². The van der Waals surface area contributed by atoms with Crippen LogP contribution in [-0.2, 0) is 10.8 Å². The Kier molecular flexibility index (Phi) is 8.29. The number of rotatable bonds is 7. The highest BCUT2D eigenvalue weighted by molar-refractivity contribution is 6.07. The molecule has 0 N–H and O–H groups in total. The highest BCUT2D eigenvalue weighted by atomic mass is 16.5. The van der Waals surface area contributed by atoms with E-state index in [4.69, 9.17) is 4.74 Å². The summed E-state index contributed by atoms with van der Waals surface area (Å²) in [4.78, 5) is 26.5. The fourth-order valence-electron chi connectivity index (χ4n) is 3.43. The van der Waals surface area contributed by atoms with Gasteiger partial charge in [0.1, 0.15) is 5.75 Å². The molecule has 33 heavy (non-hydrogen) atoms. The van der Waals surface area contributed by atoms with Crippen molar-refractivity contribution >= 4 is 17.8 Å². The van der Waals surface area contributed by atoms with Crippen LogP contribution in [0.2, 0.25) is 0 Å². The van der Waals surface area contributed by atoms with Crippen LogP contribution in [0.15, 0.2) is 42.5 Å². The second-order valence-electron chi connectivity index (χ2n) is 10.8. The zero-order chi connectivity index (χ0) is 25.0. The van der Waals surface area contributed by atoms with E-state index in [1.807, 2.05) is 6.08 Å². The summed E-state index contributed by atoms with van der Waals surface area (Å²) < 4.78 is 6.21. The molecular formula is C29H39NO3. The van der Waals surface area contributed by atoms with Crippen LogP contribution in [0.5, 0.6) is 5.75 Å². The number of carbonyl (C=O) groups is 2. The molecule has 0 aliphatic rings. The first kappa shape index (κ1) is 26.4. The van der Waals surface area contributed by atoms with E-state index in [9.17, 15) is 9.59 Å². The Morgan fingerprint density at radius 1 is 0.909 bits per heavy atom. The number of allylic oxidation sites excluding steroid dienone is 1. The predicted molar refractivity (Wildman–Crippen MR) is 137 cm³/mol. The number of carbonyl (C=O) groups excluding carboxylic acids is 2. The Morgan fingerprint density at radius 2 is 1.48 bits per heavy atom. The molecule has 0 aliphatic heterocycles. The number of ether oxygens (including phenoxy) is 1. The van der Waals surface area contributed by atoms with Gasteiger partial charge in [-0.25, -0.2) is 0 Å². The van der Waals surface area contributed by atoms with Crippen molar-refractivity contribution in [3.63, 3.8) is 0 Å². The van der Waals surface area contributed by atoms with Gasteiger partial charge in [0, 0.05) is 36.3 Å². The first-order valence-electron chi connectivity index (χ1n) is 11.6. The molecule has 178 valence electrons. The molecule has 0 atom stereocenters. The van der Waals surface area contributed by atoms with E-state index in [1.165, 1.54) is 10.5 Å². The van der Waals surface area contributed by atoms with Crippen molar-refractivity contribution in [2.24, 2.45) is 0 Å². The number of hydrogen-bond acceptors (Lipinski definition) is 3. The third-order valence-electron chi connectivity index (χ3n) is 5.48. The Labute approximate surface area is 199 Å². The normalized spacial score (nSPS) is 12.2. The van der Waals surface area contributed by atoms with Gasteiger partial charge in [0.15, 0.2) is 5.78 Å². The minimum Gasteiger partial charge on any atom is -0.493 e. The zero-order valence-corrected chi connectivity index (χ0v) is 21.7. The van der Waals surface area contributed by atoms with Crippen molar-refractivity contribution in [2.75, 3.05) is 20.7 Å². The highest BCUT2D eigenvalue weighted by Gasteiger charge is 2.25. The molecule has 2 aromatic carbocycles. The summed E-state index contributed by atoms with van der Waals surface area (Å²) >= 11 is 0. The van der Waals surface area contributed by atoms with Crippen molar-refractivity contribution in [3.05, 3.63) is 70.3 Å². The van der Waals surface area contributed by atoms with Gasteiger partial charge in [0.25, 0.3) is 5.91 Å². The van der Waals surface area contributed by atoms with E-state index in [2.05, 4.69) is 60.6 Å². The summed E-state index contributed by atoms with van der Waals surface area (Å²) in [6.45, 7) is 15.8. The average molecular weight is 450 g/mol. The Morgan fingerprint density at radius 3 is 1.97 bits per heavy atom. The first-order valence-corrected chi connectivity index (χ1v) is 11.6. The van der Waals surface area contributed by atoms with Gasteiger partial charge < -0.3 is 9.64 Å². The molecule has 0 radical (unpaired) electrons. The summed E-state index contributed by atoms with van der Waals surface area (Å²) in [6, 6.07) is 11.1. The smallest absolute Gasteiger partial charge is 0.253 e. The van der Waals surface area contributed by atoms with Gasteiger partial charge >= 0.3 is 0 Å². The zero-order valence-electron chi connectivity index (χ0n) is 21.7. The predicted octanol–water partition coefficient (Wildman–Crippen LogP) is 6.67. The summed E-state index contributed by atoms with van der Waals surface area (Å²) in [5.74, 6) is 0.642. The number of benzene rings is 2. The summed E-state index contributed by atoms with van der Waals surface area (Å²) in [7, 11) is 3.42. The molecule has 0 saturated heterocycles. The van der Waals surface area contributed by atoms with Gasteiger partial charge in [0.05, 0.1) is 6.61 Å². The number of nitrogens with zero attached hydrogens (tertiary/aromatic N) is 1. The lowest BCUT2D eigenvalue weighted by molar-refractivity contribution is 0.0827. The summed E-state index contributed by atoms with van der Waals surface area (Å²) in [5, 5.41) is 0. The van der Waals surface area contributed by atoms with E-state index in [-0.39, 0.29) is 22.5 Å². The van der Waals surface area contributed by atoms with Gasteiger partial charge in [-0.1, -0.05) is 66.7 Å². The van der Waals surface area contributed by atoms with Crippen LogP contribution in [0.3, 0.4) is 0 Å². The highest BCUT2D eigenvalue weighted by Crippen LogP contribution is 2.39. The van der Waals surface area contributed by atoms with Crippen LogP contribution in [0, 0.1) is 0 Å². The van der Waals surface area contributed by atoms with Crippen molar-refractivity contribution in [1.82, 2.24) is 4.90 Å². The standard InChI is InChI=1S/C29H39NO3/c1-10-17-33-26-22(18-23(28(2,3)4)19-24(26)29(5,6)7)15-16-25(31)20-11-13-21(14-12-20)27(32)30(8)9/h11-16,18-19H,10,17H2,1-9H3/b16-15+. The molecule has 1 amide bonds. The van der Waals surface area contributed by atoms with E-state index in [1.54, 1.807) is 44.4 Å². The van der Waals surface area contributed by atoms with Crippen LogP contribution in [0.1, 0.15) is 92.3 Å². The molecule has 0 spiro atoms. The summed E-state index contributed by atoms with van der Waals surface area (Å²) in [5.41, 5.74) is 4.21. The van der Waals surface area contributed by atoms with E-state index >= 15 is 0 Å². The minimum atomic E-state index is -0.112. The monoisotopic (exact) mass is 449 g/mol. The minimum absolute atomic E-state index is 0.0370. The Hall–Kier alpha value is -2.88. The topological polar surface area (TPSA) is 46.6 Å². The van der Waals surface area contributed by atoms with Gasteiger partial charge in [-0.15, -0.1) is 0 Å². The van der Waals surface area contributed by atoms with Crippen LogP contribution < -0.4 is 4.74 Å². The Bertz CT molecular complexity index is 1020. The van der Waals surface area contributed by atoms with E-state index < -0.39 is 0 Å². The van der Waals surface area contributed by atoms with Crippen molar-refractivity contribution in [3.8, 4) is 5.75 Å². The third kappa shape index (κ3) is 6.80. The molecule has 0 heterocycles. The molecule has 0 unspecified atom stereocenters. The molecule has 2 aromatic rings. The lowest BCUT2D eigenvalue weighted by Gasteiger charge is -2.29. The maximum absolute atomic E-state index is 12.9. The fraction of sp³-hybridized carbons (Fsp3) is 0.448. The van der Waals surface area contributed by atoms with Crippen LogP contribution in [-0.4, -0.2) is 37.3 Å². The summed E-state index contributed by atoms with van der Waals surface area (Å²) in [6.07, 6.45) is 4.36. The maximum atomic E-state index is 12.9. The first-order chi connectivity index (χ1) is 15.3. The second-order valence-corrected chi connectivity index (χ2v) is 10.8. The van der Waals surface area contributed by atoms with Crippen molar-refractivity contribution in [2.45, 2.75) is 65.7 Å². The molecule has 0 fully saturated rings. The van der Waals surface area contributed by atoms with Crippen molar-refractivity contribution in [1.29, 1.82) is 0 Å². The lowest BCUT2D eigenvalue weighted by atomic mass is 9.79. The molecule has 0 aliphatic carbocycles.